The van der Waals surface area contributed by atoms with Crippen molar-refractivity contribution in [3.63, 3.8) is 0 Å². The van der Waals surface area contributed by atoms with E-state index in [2.05, 4.69) is 14.8 Å². The first-order valence-corrected chi connectivity index (χ1v) is 11.0. The number of rotatable bonds is 6. The van der Waals surface area contributed by atoms with Gasteiger partial charge in [0.25, 0.3) is 10.0 Å². The van der Waals surface area contributed by atoms with Crippen molar-refractivity contribution in [2.45, 2.75) is 18.7 Å². The summed E-state index contributed by atoms with van der Waals surface area (Å²) in [7, 11) is -0.972. The minimum atomic E-state index is -3.91. The molecule has 0 aliphatic rings. The van der Waals surface area contributed by atoms with Gasteiger partial charge in [-0.2, -0.15) is 9.78 Å². The number of para-hydroxylation sites is 1. The zero-order valence-corrected chi connectivity index (χ0v) is 18.4. The van der Waals surface area contributed by atoms with Crippen LogP contribution < -0.4 is 14.2 Å². The molecule has 160 valence electrons. The average Bonchev–Trinajstić information content (AvgIpc) is 3.12. The molecule has 2 aromatic heterocycles. The highest BCUT2D eigenvalue weighted by atomic mass is 32.2. The Morgan fingerprint density at radius 3 is 2.42 bits per heavy atom. The molecule has 1 N–H and O–H groups in total. The zero-order valence-electron chi connectivity index (χ0n) is 17.6. The summed E-state index contributed by atoms with van der Waals surface area (Å²) >= 11 is 0. The van der Waals surface area contributed by atoms with Crippen LogP contribution >= 0.6 is 0 Å². The Hall–Kier alpha value is -3.59. The lowest BCUT2D eigenvalue weighted by molar-refractivity contribution is 0.354. The average molecular weight is 439 g/mol. The number of nitrogens with zero attached hydrogens (tertiary/aromatic N) is 3. The third kappa shape index (κ3) is 3.91. The van der Waals surface area contributed by atoms with Gasteiger partial charge in [0, 0.05) is 17.5 Å². The van der Waals surface area contributed by atoms with Gasteiger partial charge in [0.1, 0.15) is 5.82 Å². The smallest absolute Gasteiger partial charge is 0.263 e. The summed E-state index contributed by atoms with van der Waals surface area (Å²) in [6.45, 7) is 3.77. The number of fused-ring (bicyclic) bond motifs is 1. The fourth-order valence-corrected chi connectivity index (χ4v) is 4.42. The van der Waals surface area contributed by atoms with Crippen LogP contribution in [0.5, 0.6) is 11.5 Å². The van der Waals surface area contributed by atoms with Crippen LogP contribution in [0.3, 0.4) is 0 Å². The maximum absolute atomic E-state index is 13.1. The van der Waals surface area contributed by atoms with E-state index in [9.17, 15) is 8.42 Å². The van der Waals surface area contributed by atoms with Gasteiger partial charge in [0.05, 0.1) is 30.3 Å². The largest absolute Gasteiger partial charge is 0.493 e. The summed E-state index contributed by atoms with van der Waals surface area (Å²) in [4.78, 5) is 4.70. The molecular formula is C22H22N4O4S. The molecule has 0 aliphatic heterocycles. The summed E-state index contributed by atoms with van der Waals surface area (Å²) in [5.41, 5.74) is 2.47. The lowest BCUT2D eigenvalue weighted by Crippen LogP contribution is -2.16. The number of hydrogen-bond donors (Lipinski definition) is 1. The van der Waals surface area contributed by atoms with Gasteiger partial charge in [-0.3, -0.25) is 4.72 Å². The maximum atomic E-state index is 13.1. The van der Waals surface area contributed by atoms with Crippen LogP contribution in [-0.4, -0.2) is 37.4 Å². The standard InChI is InChI=1S/C22H22N4O4S/c1-14-11-21(23-18-8-6-5-7-17(14)18)26-22(12-15(2)24-26)25-31(27,28)16-9-10-19(29-3)20(13-16)30-4/h5-13,25H,1-4H3. The lowest BCUT2D eigenvalue weighted by Gasteiger charge is -2.13. The number of aromatic nitrogens is 3. The Balaban J connectivity index is 1.76. The van der Waals surface area contributed by atoms with Crippen molar-refractivity contribution in [1.29, 1.82) is 0 Å². The molecular weight excluding hydrogens is 416 g/mol. The number of methoxy groups -OCH3 is 2. The molecule has 0 spiro atoms. The van der Waals surface area contributed by atoms with E-state index in [0.717, 1.165) is 16.5 Å². The van der Waals surface area contributed by atoms with Crippen LogP contribution in [-0.2, 0) is 10.0 Å². The molecule has 2 heterocycles. The van der Waals surface area contributed by atoms with Gasteiger partial charge < -0.3 is 9.47 Å². The van der Waals surface area contributed by atoms with Gasteiger partial charge in [0.15, 0.2) is 17.3 Å². The summed E-state index contributed by atoms with van der Waals surface area (Å²) in [5.74, 6) is 1.57. The minimum absolute atomic E-state index is 0.0400. The predicted molar refractivity (Wildman–Crippen MR) is 119 cm³/mol. The second kappa shape index (κ2) is 7.92. The van der Waals surface area contributed by atoms with Gasteiger partial charge in [-0.25, -0.2) is 13.4 Å². The Morgan fingerprint density at radius 1 is 0.935 bits per heavy atom. The van der Waals surface area contributed by atoms with Crippen LogP contribution in [0.1, 0.15) is 11.3 Å². The van der Waals surface area contributed by atoms with E-state index >= 15 is 0 Å². The second-order valence-corrected chi connectivity index (χ2v) is 8.70. The molecule has 31 heavy (non-hydrogen) atoms. The van der Waals surface area contributed by atoms with E-state index < -0.39 is 10.0 Å². The third-order valence-electron chi connectivity index (χ3n) is 4.86. The first-order valence-electron chi connectivity index (χ1n) is 9.50. The number of anilines is 1. The molecule has 0 saturated carbocycles. The highest BCUT2D eigenvalue weighted by molar-refractivity contribution is 7.92. The van der Waals surface area contributed by atoms with Crippen molar-refractivity contribution in [1.82, 2.24) is 14.8 Å². The van der Waals surface area contributed by atoms with E-state index in [4.69, 9.17) is 9.47 Å². The van der Waals surface area contributed by atoms with Gasteiger partial charge in [-0.15, -0.1) is 0 Å². The van der Waals surface area contributed by atoms with Crippen LogP contribution in [0.4, 0.5) is 5.82 Å². The number of sulfonamides is 1. The Bertz CT molecular complexity index is 1380. The first kappa shape index (κ1) is 20.7. The molecule has 0 saturated heterocycles. The number of aryl methyl sites for hydroxylation is 2. The highest BCUT2D eigenvalue weighted by Crippen LogP contribution is 2.30. The summed E-state index contributed by atoms with van der Waals surface area (Å²) < 4.78 is 40.7. The molecule has 0 fully saturated rings. The number of ether oxygens (including phenoxy) is 2. The SMILES string of the molecule is COc1ccc(S(=O)(=O)Nc2cc(C)nn2-c2cc(C)c3ccccc3n2)cc1OC. The fraction of sp³-hybridized carbons (Fsp3) is 0.182. The molecule has 4 rings (SSSR count). The van der Waals surface area contributed by atoms with Gasteiger partial charge >= 0.3 is 0 Å². The lowest BCUT2D eigenvalue weighted by atomic mass is 10.1. The molecule has 0 amide bonds. The maximum Gasteiger partial charge on any atom is 0.263 e. The molecule has 0 aliphatic carbocycles. The third-order valence-corrected chi connectivity index (χ3v) is 6.21. The van der Waals surface area contributed by atoms with Crippen molar-refractivity contribution < 1.29 is 17.9 Å². The summed E-state index contributed by atoms with van der Waals surface area (Å²) in [6.07, 6.45) is 0. The highest BCUT2D eigenvalue weighted by Gasteiger charge is 2.21. The van der Waals surface area contributed by atoms with Gasteiger partial charge in [-0.05, 0) is 43.7 Å². The molecule has 8 nitrogen and oxygen atoms in total. The van der Waals surface area contributed by atoms with E-state index in [0.29, 0.717) is 23.0 Å². The van der Waals surface area contributed by atoms with Crippen LogP contribution in [0.25, 0.3) is 16.7 Å². The van der Waals surface area contributed by atoms with Gasteiger partial charge in [-0.1, -0.05) is 18.2 Å². The molecule has 9 heteroatoms. The molecule has 0 bridgehead atoms. The molecule has 4 aromatic rings. The van der Waals surface area contributed by atoms with Crippen LogP contribution in [0.2, 0.25) is 0 Å². The summed E-state index contributed by atoms with van der Waals surface area (Å²) in [5, 5.41) is 5.48. The fourth-order valence-electron chi connectivity index (χ4n) is 3.37. The first-order chi connectivity index (χ1) is 14.8. The van der Waals surface area contributed by atoms with Crippen molar-refractivity contribution in [2.75, 3.05) is 18.9 Å². The zero-order chi connectivity index (χ0) is 22.2. The predicted octanol–water partition coefficient (Wildman–Crippen LogP) is 3.86. The number of pyridine rings is 1. The number of benzene rings is 2. The van der Waals surface area contributed by atoms with Crippen LogP contribution in [0, 0.1) is 13.8 Å². The number of hydrogen-bond acceptors (Lipinski definition) is 6. The van der Waals surface area contributed by atoms with E-state index in [1.165, 1.54) is 31.0 Å². The van der Waals surface area contributed by atoms with Gasteiger partial charge in [0.2, 0.25) is 0 Å². The Labute approximate surface area is 180 Å². The minimum Gasteiger partial charge on any atom is -0.493 e. The van der Waals surface area contributed by atoms with Crippen molar-refractivity contribution in [3.05, 3.63) is 65.9 Å². The van der Waals surface area contributed by atoms with Crippen molar-refractivity contribution >= 4 is 26.7 Å². The number of nitrogens with one attached hydrogen (secondary N) is 1. The van der Waals surface area contributed by atoms with Crippen molar-refractivity contribution in [2.24, 2.45) is 0 Å². The van der Waals surface area contributed by atoms with E-state index in [1.54, 1.807) is 19.1 Å². The van der Waals surface area contributed by atoms with E-state index in [-0.39, 0.29) is 10.7 Å². The van der Waals surface area contributed by atoms with Crippen molar-refractivity contribution in [3.8, 4) is 17.3 Å². The van der Waals surface area contributed by atoms with E-state index in [1.807, 2.05) is 37.3 Å². The normalized spacial score (nSPS) is 11.5. The van der Waals surface area contributed by atoms with Crippen LogP contribution in [0.15, 0.2) is 59.5 Å². The quantitative estimate of drug-likeness (QED) is 0.491. The molecule has 0 atom stereocenters. The molecule has 0 radical (unpaired) electrons. The second-order valence-electron chi connectivity index (χ2n) is 7.02. The topological polar surface area (TPSA) is 95.3 Å². The summed E-state index contributed by atoms with van der Waals surface area (Å²) in [6, 6.07) is 15.7. The Morgan fingerprint density at radius 2 is 1.68 bits per heavy atom. The Kier molecular flexibility index (Phi) is 5.28. The molecule has 2 aromatic carbocycles. The monoisotopic (exact) mass is 438 g/mol. The molecule has 0 unspecified atom stereocenters.